The van der Waals surface area contributed by atoms with Gasteiger partial charge in [0.2, 0.25) is 0 Å². The Morgan fingerprint density at radius 3 is 2.96 bits per heavy atom. The average Bonchev–Trinajstić information content (AvgIpc) is 3.22. The van der Waals surface area contributed by atoms with Gasteiger partial charge in [0, 0.05) is 32.2 Å². The van der Waals surface area contributed by atoms with Crippen LogP contribution in [0.25, 0.3) is 0 Å². The molecule has 0 N–H and O–H groups in total. The molecule has 2 fully saturated rings. The molecule has 0 bridgehead atoms. The van der Waals surface area contributed by atoms with E-state index in [4.69, 9.17) is 14.0 Å². The smallest absolute Gasteiger partial charge is 0.276 e. The number of likely N-dealkylation sites (tertiary alicyclic amines) is 1. The van der Waals surface area contributed by atoms with Gasteiger partial charge in [-0.2, -0.15) is 0 Å². The number of ether oxygens (including phenoxy) is 2. The van der Waals surface area contributed by atoms with Crippen molar-refractivity contribution in [2.75, 3.05) is 26.8 Å². The lowest BCUT2D eigenvalue weighted by atomic mass is 9.85. The van der Waals surface area contributed by atoms with Gasteiger partial charge in [-0.25, -0.2) is 0 Å². The van der Waals surface area contributed by atoms with Crippen LogP contribution in [0.2, 0.25) is 0 Å². The van der Waals surface area contributed by atoms with E-state index in [-0.39, 0.29) is 17.6 Å². The lowest BCUT2D eigenvalue weighted by Gasteiger charge is -2.44. The second-order valence-electron chi connectivity index (χ2n) is 6.88. The molecule has 6 heteroatoms. The van der Waals surface area contributed by atoms with Crippen molar-refractivity contribution in [1.82, 2.24) is 10.1 Å². The third kappa shape index (κ3) is 2.48. The van der Waals surface area contributed by atoms with Gasteiger partial charge < -0.3 is 18.9 Å². The van der Waals surface area contributed by atoms with Crippen LogP contribution >= 0.6 is 0 Å². The number of aromatic nitrogens is 1. The van der Waals surface area contributed by atoms with Gasteiger partial charge in [-0.3, -0.25) is 4.79 Å². The molecule has 1 spiro atoms. The first-order chi connectivity index (χ1) is 11.2. The molecule has 2 aliphatic heterocycles. The van der Waals surface area contributed by atoms with Gasteiger partial charge in [0.05, 0.1) is 12.1 Å². The monoisotopic (exact) mass is 320 g/mol. The first kappa shape index (κ1) is 15.1. The summed E-state index contributed by atoms with van der Waals surface area (Å²) in [5, 5.41) is 4.07. The predicted octanol–water partition coefficient (Wildman–Crippen LogP) is 1.96. The lowest BCUT2D eigenvalue weighted by molar-refractivity contribution is -0.136. The minimum Gasteiger partial charge on any atom is -0.377 e. The van der Waals surface area contributed by atoms with Gasteiger partial charge in [-0.05, 0) is 38.5 Å². The van der Waals surface area contributed by atoms with E-state index < -0.39 is 0 Å². The van der Waals surface area contributed by atoms with Crippen LogP contribution in [-0.4, -0.2) is 54.5 Å². The highest BCUT2D eigenvalue weighted by atomic mass is 16.6. The molecule has 0 saturated carbocycles. The van der Waals surface area contributed by atoms with Gasteiger partial charge in [-0.1, -0.05) is 5.16 Å². The van der Waals surface area contributed by atoms with Crippen LogP contribution < -0.4 is 0 Å². The number of piperidine rings is 1. The van der Waals surface area contributed by atoms with Crippen LogP contribution in [0, 0.1) is 0 Å². The van der Waals surface area contributed by atoms with Crippen LogP contribution in [0.4, 0.5) is 0 Å². The van der Waals surface area contributed by atoms with Crippen molar-refractivity contribution in [3.05, 3.63) is 17.0 Å². The fourth-order valence-corrected chi connectivity index (χ4v) is 4.29. The second-order valence-corrected chi connectivity index (χ2v) is 6.88. The fourth-order valence-electron chi connectivity index (χ4n) is 4.29. The van der Waals surface area contributed by atoms with Crippen LogP contribution in [0.5, 0.6) is 0 Å². The summed E-state index contributed by atoms with van der Waals surface area (Å²) in [7, 11) is 1.71. The maximum Gasteiger partial charge on any atom is 0.276 e. The standard InChI is InChI=1S/C17H24N2O4/c1-21-14-11-19(9-8-17(14)7-4-10-22-17)16(20)15-12-5-2-3-6-13(12)23-18-15/h14H,2-11H2,1H3/t14-,17-/m0/s1. The Bertz CT molecular complexity index is 591. The average molecular weight is 320 g/mol. The molecule has 4 rings (SSSR count). The highest BCUT2D eigenvalue weighted by Crippen LogP contribution is 2.38. The molecule has 0 aromatic carbocycles. The summed E-state index contributed by atoms with van der Waals surface area (Å²) in [6.45, 7) is 2.06. The van der Waals surface area contributed by atoms with Crippen LogP contribution in [-0.2, 0) is 22.3 Å². The van der Waals surface area contributed by atoms with Crippen molar-refractivity contribution in [2.24, 2.45) is 0 Å². The zero-order valence-electron chi connectivity index (χ0n) is 13.7. The van der Waals surface area contributed by atoms with Gasteiger partial charge in [-0.15, -0.1) is 0 Å². The highest BCUT2D eigenvalue weighted by molar-refractivity contribution is 5.94. The zero-order valence-corrected chi connectivity index (χ0v) is 13.7. The zero-order chi connectivity index (χ0) is 15.9. The second kappa shape index (κ2) is 5.91. The predicted molar refractivity (Wildman–Crippen MR) is 82.4 cm³/mol. The maximum absolute atomic E-state index is 12.9. The van der Waals surface area contributed by atoms with E-state index in [1.807, 2.05) is 4.90 Å². The number of hydrogen-bond donors (Lipinski definition) is 0. The summed E-state index contributed by atoms with van der Waals surface area (Å²) in [6, 6.07) is 0. The molecular formula is C17H24N2O4. The highest BCUT2D eigenvalue weighted by Gasteiger charge is 2.48. The van der Waals surface area contributed by atoms with Crippen molar-refractivity contribution >= 4 is 5.91 Å². The quantitative estimate of drug-likeness (QED) is 0.833. The fraction of sp³-hybridized carbons (Fsp3) is 0.765. The molecule has 3 heterocycles. The molecule has 1 aromatic rings. The molecule has 126 valence electrons. The number of nitrogens with zero attached hydrogens (tertiary/aromatic N) is 2. The van der Waals surface area contributed by atoms with Crippen LogP contribution in [0.15, 0.2) is 4.52 Å². The number of hydrogen-bond acceptors (Lipinski definition) is 5. The van der Waals surface area contributed by atoms with Gasteiger partial charge >= 0.3 is 0 Å². The van der Waals surface area contributed by atoms with Gasteiger partial charge in [0.1, 0.15) is 11.9 Å². The van der Waals surface area contributed by atoms with Crippen molar-refractivity contribution < 1.29 is 18.8 Å². The molecule has 0 unspecified atom stereocenters. The van der Waals surface area contributed by atoms with Gasteiger partial charge in [0.25, 0.3) is 5.91 Å². The van der Waals surface area contributed by atoms with E-state index in [2.05, 4.69) is 5.16 Å². The van der Waals surface area contributed by atoms with E-state index in [1.165, 1.54) is 0 Å². The first-order valence-corrected chi connectivity index (χ1v) is 8.67. The van der Waals surface area contributed by atoms with Gasteiger partial charge in [0.15, 0.2) is 5.69 Å². The largest absolute Gasteiger partial charge is 0.377 e. The molecule has 23 heavy (non-hydrogen) atoms. The summed E-state index contributed by atoms with van der Waals surface area (Å²) in [4.78, 5) is 14.8. The Hall–Kier alpha value is -1.40. The lowest BCUT2D eigenvalue weighted by Crippen LogP contribution is -2.57. The maximum atomic E-state index is 12.9. The van der Waals surface area contributed by atoms with E-state index >= 15 is 0 Å². The van der Waals surface area contributed by atoms with Crippen molar-refractivity contribution in [2.45, 2.75) is 56.7 Å². The molecule has 3 aliphatic rings. The number of amides is 1. The Balaban J connectivity index is 1.52. The number of carbonyl (C=O) groups excluding carboxylic acids is 1. The minimum absolute atomic E-state index is 0.0215. The molecule has 0 radical (unpaired) electrons. The van der Waals surface area contributed by atoms with Crippen molar-refractivity contribution in [3.8, 4) is 0 Å². The van der Waals surface area contributed by atoms with E-state index in [9.17, 15) is 4.79 Å². The van der Waals surface area contributed by atoms with Crippen LogP contribution in [0.3, 0.4) is 0 Å². The topological polar surface area (TPSA) is 64.8 Å². The van der Waals surface area contributed by atoms with Crippen LogP contribution in [0.1, 0.15) is 53.9 Å². The summed E-state index contributed by atoms with van der Waals surface area (Å²) >= 11 is 0. The number of aryl methyl sites for hydroxylation is 1. The summed E-state index contributed by atoms with van der Waals surface area (Å²) in [5.74, 6) is 0.877. The van der Waals surface area contributed by atoms with E-state index in [0.29, 0.717) is 18.8 Å². The van der Waals surface area contributed by atoms with Crippen molar-refractivity contribution in [1.29, 1.82) is 0 Å². The third-order valence-corrected chi connectivity index (χ3v) is 5.64. The molecule has 1 amide bonds. The Morgan fingerprint density at radius 1 is 1.30 bits per heavy atom. The molecule has 2 atom stereocenters. The Kier molecular flexibility index (Phi) is 3.89. The van der Waals surface area contributed by atoms with Crippen molar-refractivity contribution in [3.63, 3.8) is 0 Å². The Morgan fingerprint density at radius 2 is 2.17 bits per heavy atom. The minimum atomic E-state index is -0.200. The molecule has 6 nitrogen and oxygen atoms in total. The number of fused-ring (bicyclic) bond motifs is 1. The molecule has 2 saturated heterocycles. The molecule has 1 aromatic heterocycles. The Labute approximate surface area is 136 Å². The number of methoxy groups -OCH3 is 1. The van der Waals surface area contributed by atoms with E-state index in [0.717, 1.165) is 62.9 Å². The summed E-state index contributed by atoms with van der Waals surface area (Å²) < 4.78 is 17.1. The summed E-state index contributed by atoms with van der Waals surface area (Å²) in [6.07, 6.45) is 6.87. The summed E-state index contributed by atoms with van der Waals surface area (Å²) in [5.41, 5.74) is 1.33. The molecular weight excluding hydrogens is 296 g/mol. The normalized spacial score (nSPS) is 30.7. The number of carbonyl (C=O) groups is 1. The SMILES string of the molecule is CO[C@H]1CN(C(=O)c2noc3c2CCCC3)CC[C@@]12CCCO2. The molecule has 1 aliphatic carbocycles. The first-order valence-electron chi connectivity index (χ1n) is 8.67. The van der Waals surface area contributed by atoms with E-state index in [1.54, 1.807) is 7.11 Å². The number of rotatable bonds is 2. The third-order valence-electron chi connectivity index (χ3n) is 5.64.